The number of ether oxygens (including phenoxy) is 2. The summed E-state index contributed by atoms with van der Waals surface area (Å²) < 4.78 is 10.7. The van der Waals surface area contributed by atoms with Crippen LogP contribution in [0.25, 0.3) is 0 Å². The molecule has 0 aromatic heterocycles. The Hall–Kier alpha value is -1.71. The van der Waals surface area contributed by atoms with Gasteiger partial charge in [0.1, 0.15) is 11.9 Å². The summed E-state index contributed by atoms with van der Waals surface area (Å²) in [6.45, 7) is -0.0413. The molecule has 0 bridgehead atoms. The summed E-state index contributed by atoms with van der Waals surface area (Å²) in [6, 6.07) is 6.95. The van der Waals surface area contributed by atoms with Gasteiger partial charge in [0.05, 0.1) is 0 Å². The van der Waals surface area contributed by atoms with E-state index in [4.69, 9.17) is 15.2 Å². The molecule has 1 aliphatic rings. The molecule has 4 heteroatoms. The largest absolute Gasteiger partial charge is 0.482 e. The number of nitrogens with two attached hydrogens (primary N) is 1. The van der Waals surface area contributed by atoms with Crippen LogP contribution in [-0.2, 0) is 9.53 Å². The van der Waals surface area contributed by atoms with Gasteiger partial charge in [0.15, 0.2) is 6.61 Å². The third-order valence-electron chi connectivity index (χ3n) is 3.09. The SMILES string of the molecule is Nc1ccc(OCC(=O)OC2CCCCC2)cc1. The van der Waals surface area contributed by atoms with E-state index < -0.39 is 0 Å². The Balaban J connectivity index is 1.72. The van der Waals surface area contributed by atoms with Crippen molar-refractivity contribution < 1.29 is 14.3 Å². The van der Waals surface area contributed by atoms with Crippen LogP contribution in [0.15, 0.2) is 24.3 Å². The van der Waals surface area contributed by atoms with Crippen LogP contribution in [0.4, 0.5) is 5.69 Å². The number of esters is 1. The minimum atomic E-state index is -0.293. The standard InChI is InChI=1S/C14H19NO3/c15-11-6-8-12(9-7-11)17-10-14(16)18-13-4-2-1-3-5-13/h6-9,13H,1-5,10,15H2. The third-order valence-corrected chi connectivity index (χ3v) is 3.09. The maximum absolute atomic E-state index is 11.6. The van der Waals surface area contributed by atoms with Gasteiger partial charge in [0.2, 0.25) is 0 Å². The van der Waals surface area contributed by atoms with E-state index in [1.165, 1.54) is 6.42 Å². The lowest BCUT2D eigenvalue weighted by atomic mass is 9.98. The molecule has 0 amide bonds. The summed E-state index contributed by atoms with van der Waals surface area (Å²) in [4.78, 5) is 11.6. The number of nitrogen functional groups attached to an aromatic ring is 1. The lowest BCUT2D eigenvalue weighted by Gasteiger charge is -2.21. The molecule has 2 N–H and O–H groups in total. The van der Waals surface area contributed by atoms with E-state index in [2.05, 4.69) is 0 Å². The predicted molar refractivity (Wildman–Crippen MR) is 69.3 cm³/mol. The maximum Gasteiger partial charge on any atom is 0.344 e. The Kier molecular flexibility index (Phi) is 4.45. The van der Waals surface area contributed by atoms with Crippen molar-refractivity contribution in [3.05, 3.63) is 24.3 Å². The smallest absolute Gasteiger partial charge is 0.344 e. The van der Waals surface area contributed by atoms with Crippen molar-refractivity contribution in [1.29, 1.82) is 0 Å². The monoisotopic (exact) mass is 249 g/mol. The molecule has 2 rings (SSSR count). The van der Waals surface area contributed by atoms with Gasteiger partial charge in [-0.15, -0.1) is 0 Å². The second kappa shape index (κ2) is 6.28. The fourth-order valence-corrected chi connectivity index (χ4v) is 2.11. The number of rotatable bonds is 4. The molecule has 0 heterocycles. The van der Waals surface area contributed by atoms with Crippen LogP contribution in [0.1, 0.15) is 32.1 Å². The van der Waals surface area contributed by atoms with Crippen molar-refractivity contribution in [2.24, 2.45) is 0 Å². The summed E-state index contributed by atoms with van der Waals surface area (Å²) >= 11 is 0. The van der Waals surface area contributed by atoms with E-state index in [0.717, 1.165) is 25.7 Å². The molecule has 0 radical (unpaired) electrons. The fraction of sp³-hybridized carbons (Fsp3) is 0.500. The molecule has 0 unspecified atom stereocenters. The van der Waals surface area contributed by atoms with E-state index in [-0.39, 0.29) is 18.7 Å². The summed E-state index contributed by atoms with van der Waals surface area (Å²) in [6.07, 6.45) is 5.59. The van der Waals surface area contributed by atoms with Crippen LogP contribution in [-0.4, -0.2) is 18.7 Å². The molecule has 1 fully saturated rings. The first-order valence-corrected chi connectivity index (χ1v) is 6.42. The second-order valence-corrected chi connectivity index (χ2v) is 4.61. The van der Waals surface area contributed by atoms with Gasteiger partial charge in [-0.3, -0.25) is 0 Å². The van der Waals surface area contributed by atoms with Gasteiger partial charge < -0.3 is 15.2 Å². The fourth-order valence-electron chi connectivity index (χ4n) is 2.11. The number of hydrogen-bond acceptors (Lipinski definition) is 4. The van der Waals surface area contributed by atoms with Crippen LogP contribution in [0, 0.1) is 0 Å². The number of carbonyl (C=O) groups is 1. The summed E-state index contributed by atoms with van der Waals surface area (Å²) in [5.74, 6) is 0.337. The Morgan fingerprint density at radius 1 is 1.17 bits per heavy atom. The summed E-state index contributed by atoms with van der Waals surface area (Å²) in [5, 5.41) is 0. The quantitative estimate of drug-likeness (QED) is 0.658. The van der Waals surface area contributed by atoms with E-state index >= 15 is 0 Å². The Morgan fingerprint density at radius 3 is 2.50 bits per heavy atom. The Morgan fingerprint density at radius 2 is 1.83 bits per heavy atom. The van der Waals surface area contributed by atoms with Crippen LogP contribution < -0.4 is 10.5 Å². The van der Waals surface area contributed by atoms with E-state index in [1.54, 1.807) is 24.3 Å². The lowest BCUT2D eigenvalue weighted by molar-refractivity contribution is -0.152. The lowest BCUT2D eigenvalue weighted by Crippen LogP contribution is -2.24. The molecular formula is C14H19NO3. The number of benzene rings is 1. The van der Waals surface area contributed by atoms with Crippen LogP contribution >= 0.6 is 0 Å². The van der Waals surface area contributed by atoms with Crippen LogP contribution in [0.2, 0.25) is 0 Å². The van der Waals surface area contributed by atoms with Gasteiger partial charge in [-0.05, 0) is 49.9 Å². The first kappa shape index (κ1) is 12.7. The Bertz CT molecular complexity index is 383. The first-order valence-electron chi connectivity index (χ1n) is 6.42. The molecule has 1 aromatic carbocycles. The van der Waals surface area contributed by atoms with Crippen LogP contribution in [0.5, 0.6) is 5.75 Å². The van der Waals surface area contributed by atoms with E-state index in [0.29, 0.717) is 11.4 Å². The zero-order chi connectivity index (χ0) is 12.8. The Labute approximate surface area is 107 Å². The molecule has 0 atom stereocenters. The van der Waals surface area contributed by atoms with Gasteiger partial charge >= 0.3 is 5.97 Å². The van der Waals surface area contributed by atoms with Gasteiger partial charge in [0, 0.05) is 5.69 Å². The molecule has 98 valence electrons. The average Bonchev–Trinajstić information content (AvgIpc) is 2.39. The average molecular weight is 249 g/mol. The van der Waals surface area contributed by atoms with Gasteiger partial charge in [0.25, 0.3) is 0 Å². The van der Waals surface area contributed by atoms with Gasteiger partial charge in [-0.1, -0.05) is 6.42 Å². The summed E-state index contributed by atoms with van der Waals surface area (Å²) in [7, 11) is 0. The number of carbonyl (C=O) groups excluding carboxylic acids is 1. The predicted octanol–water partition coefficient (Wildman–Crippen LogP) is 2.52. The first-order chi connectivity index (χ1) is 8.74. The molecule has 1 saturated carbocycles. The van der Waals surface area contributed by atoms with Crippen molar-refractivity contribution in [3.8, 4) is 5.75 Å². The number of hydrogen-bond donors (Lipinski definition) is 1. The van der Waals surface area contributed by atoms with Crippen molar-refractivity contribution in [3.63, 3.8) is 0 Å². The molecule has 1 aromatic rings. The highest BCUT2D eigenvalue weighted by Crippen LogP contribution is 2.20. The molecule has 0 aliphatic heterocycles. The van der Waals surface area contributed by atoms with Crippen molar-refractivity contribution in [2.75, 3.05) is 12.3 Å². The minimum absolute atomic E-state index is 0.0413. The maximum atomic E-state index is 11.6. The zero-order valence-corrected chi connectivity index (χ0v) is 10.4. The van der Waals surface area contributed by atoms with Crippen molar-refractivity contribution in [2.45, 2.75) is 38.2 Å². The molecule has 4 nitrogen and oxygen atoms in total. The highest BCUT2D eigenvalue weighted by atomic mass is 16.6. The minimum Gasteiger partial charge on any atom is -0.482 e. The topological polar surface area (TPSA) is 61.5 Å². The number of anilines is 1. The molecular weight excluding hydrogens is 230 g/mol. The molecule has 1 aliphatic carbocycles. The highest BCUT2D eigenvalue weighted by Gasteiger charge is 2.17. The summed E-state index contributed by atoms with van der Waals surface area (Å²) in [5.41, 5.74) is 6.23. The third kappa shape index (κ3) is 3.95. The van der Waals surface area contributed by atoms with Gasteiger partial charge in [-0.2, -0.15) is 0 Å². The highest BCUT2D eigenvalue weighted by molar-refractivity contribution is 5.71. The van der Waals surface area contributed by atoms with E-state index in [1.807, 2.05) is 0 Å². The van der Waals surface area contributed by atoms with Crippen LogP contribution in [0.3, 0.4) is 0 Å². The molecule has 0 saturated heterocycles. The van der Waals surface area contributed by atoms with Crippen molar-refractivity contribution >= 4 is 11.7 Å². The molecule has 0 spiro atoms. The zero-order valence-electron chi connectivity index (χ0n) is 10.4. The van der Waals surface area contributed by atoms with E-state index in [9.17, 15) is 4.79 Å². The second-order valence-electron chi connectivity index (χ2n) is 4.61. The molecule has 18 heavy (non-hydrogen) atoms. The van der Waals surface area contributed by atoms with Gasteiger partial charge in [-0.25, -0.2) is 4.79 Å². The normalized spacial score (nSPS) is 16.2. The van der Waals surface area contributed by atoms with Crippen molar-refractivity contribution in [1.82, 2.24) is 0 Å².